The Kier molecular flexibility index (Phi) is 5.93. The quantitative estimate of drug-likeness (QED) is 0.458. The van der Waals surface area contributed by atoms with Gasteiger partial charge in [-0.3, -0.25) is 14.5 Å². The minimum Gasteiger partial charge on any atom is -0.340 e. The first kappa shape index (κ1) is 21.9. The smallest absolute Gasteiger partial charge is 0.325 e. The maximum absolute atomic E-state index is 13.3. The number of imide groups is 1. The van der Waals surface area contributed by atoms with Gasteiger partial charge in [-0.05, 0) is 47.2 Å². The molecule has 6 nitrogen and oxygen atoms in total. The van der Waals surface area contributed by atoms with Gasteiger partial charge in [-0.15, -0.1) is 11.8 Å². The van der Waals surface area contributed by atoms with E-state index < -0.39 is 17.5 Å². The molecule has 3 aromatic carbocycles. The summed E-state index contributed by atoms with van der Waals surface area (Å²) in [6.07, 6.45) is 2.01. The van der Waals surface area contributed by atoms with Crippen LogP contribution in [0.3, 0.4) is 0 Å². The molecule has 0 unspecified atom stereocenters. The predicted molar refractivity (Wildman–Crippen MR) is 126 cm³/mol. The molecule has 164 valence electrons. The van der Waals surface area contributed by atoms with Crippen LogP contribution in [0.15, 0.2) is 71.6 Å². The third-order valence-corrected chi connectivity index (χ3v) is 6.64. The van der Waals surface area contributed by atoms with E-state index in [9.17, 15) is 14.4 Å². The molecule has 1 saturated heterocycles. The zero-order chi connectivity index (χ0) is 22.9. The lowest BCUT2D eigenvalue weighted by molar-refractivity contribution is -0.138. The Morgan fingerprint density at radius 1 is 1.03 bits per heavy atom. The van der Waals surface area contributed by atoms with Crippen LogP contribution in [0.2, 0.25) is 0 Å². The van der Waals surface area contributed by atoms with Crippen LogP contribution in [0.5, 0.6) is 0 Å². The second-order valence-electron chi connectivity index (χ2n) is 8.07. The average molecular weight is 448 g/mol. The monoisotopic (exact) mass is 447 g/mol. The van der Waals surface area contributed by atoms with Crippen LogP contribution in [0.1, 0.15) is 18.1 Å². The van der Waals surface area contributed by atoms with Crippen molar-refractivity contribution in [2.75, 3.05) is 19.8 Å². The lowest BCUT2D eigenvalue weighted by Gasteiger charge is -2.24. The summed E-state index contributed by atoms with van der Waals surface area (Å²) in [5.74, 6) is -0.727. The number of urea groups is 1. The Morgan fingerprint density at radius 3 is 2.44 bits per heavy atom. The molecule has 4 rings (SSSR count). The highest BCUT2D eigenvalue weighted by atomic mass is 32.2. The van der Waals surface area contributed by atoms with Gasteiger partial charge in [-0.1, -0.05) is 54.6 Å². The van der Waals surface area contributed by atoms with Gasteiger partial charge in [0.25, 0.3) is 5.91 Å². The van der Waals surface area contributed by atoms with E-state index in [-0.39, 0.29) is 12.5 Å². The topological polar surface area (TPSA) is 69.7 Å². The van der Waals surface area contributed by atoms with Crippen molar-refractivity contribution in [3.63, 3.8) is 0 Å². The molecule has 1 fully saturated rings. The molecule has 7 heteroatoms. The van der Waals surface area contributed by atoms with Gasteiger partial charge in [0.15, 0.2) is 0 Å². The van der Waals surface area contributed by atoms with Crippen LogP contribution >= 0.6 is 11.8 Å². The van der Waals surface area contributed by atoms with Crippen LogP contribution in [-0.2, 0) is 21.7 Å². The summed E-state index contributed by atoms with van der Waals surface area (Å²) in [7, 11) is 1.67. The lowest BCUT2D eigenvalue weighted by Crippen LogP contribution is -2.43. The number of hydrogen-bond donors (Lipinski definition) is 1. The SMILES string of the molecule is CSc1ccc(CN(C)C(=O)CN2C(=O)N[C@](C)(c3cccc4ccccc34)C2=O)cc1. The first-order valence-corrected chi connectivity index (χ1v) is 11.5. The van der Waals surface area contributed by atoms with E-state index in [0.29, 0.717) is 12.1 Å². The van der Waals surface area contributed by atoms with E-state index in [4.69, 9.17) is 0 Å². The zero-order valence-electron chi connectivity index (χ0n) is 18.3. The van der Waals surface area contributed by atoms with Crippen molar-refractivity contribution < 1.29 is 14.4 Å². The number of nitrogens with one attached hydrogen (secondary N) is 1. The number of carbonyl (C=O) groups is 3. The van der Waals surface area contributed by atoms with Gasteiger partial charge >= 0.3 is 6.03 Å². The molecule has 1 aliphatic rings. The largest absolute Gasteiger partial charge is 0.340 e. The van der Waals surface area contributed by atoms with Crippen LogP contribution in [0.4, 0.5) is 4.79 Å². The number of carbonyl (C=O) groups excluding carboxylic acids is 3. The average Bonchev–Trinajstić information content (AvgIpc) is 3.02. The molecule has 32 heavy (non-hydrogen) atoms. The molecule has 0 spiro atoms. The minimum absolute atomic E-state index is 0.301. The first-order chi connectivity index (χ1) is 15.3. The fraction of sp³-hybridized carbons (Fsp3) is 0.240. The fourth-order valence-electron chi connectivity index (χ4n) is 4.03. The van der Waals surface area contributed by atoms with Crippen LogP contribution in [0, 0.1) is 0 Å². The molecular weight excluding hydrogens is 422 g/mol. The molecule has 1 N–H and O–H groups in total. The summed E-state index contributed by atoms with van der Waals surface area (Å²) in [4.78, 5) is 42.6. The molecule has 0 aliphatic carbocycles. The molecular formula is C25H25N3O3S. The Labute approximate surface area is 191 Å². The molecule has 1 aliphatic heterocycles. The number of amides is 4. The standard InChI is InChI=1S/C25H25N3O3S/c1-25(21-10-6-8-18-7-4-5-9-20(18)21)23(30)28(24(31)26-25)16-22(29)27(2)15-17-11-13-19(32-3)14-12-17/h4-14H,15-16H2,1-3H3,(H,26,31)/t25-/m1/s1. The highest BCUT2D eigenvalue weighted by molar-refractivity contribution is 7.98. The summed E-state index contributed by atoms with van der Waals surface area (Å²) in [5, 5.41) is 4.68. The normalized spacial score (nSPS) is 18.2. The Bertz CT molecular complexity index is 1190. The fourth-order valence-corrected chi connectivity index (χ4v) is 4.44. The van der Waals surface area contributed by atoms with Crippen molar-refractivity contribution in [2.24, 2.45) is 0 Å². The number of likely N-dealkylation sites (N-methyl/N-ethyl adjacent to an activating group) is 1. The highest BCUT2D eigenvalue weighted by Gasteiger charge is 2.50. The van der Waals surface area contributed by atoms with Crippen molar-refractivity contribution in [2.45, 2.75) is 23.9 Å². The van der Waals surface area contributed by atoms with E-state index in [1.54, 1.807) is 25.7 Å². The summed E-state index contributed by atoms with van der Waals surface area (Å²) >= 11 is 1.65. The van der Waals surface area contributed by atoms with Crippen molar-refractivity contribution in [1.82, 2.24) is 15.1 Å². The summed E-state index contributed by atoms with van der Waals surface area (Å²) in [6, 6.07) is 20.8. The van der Waals surface area contributed by atoms with Crippen LogP contribution in [0.25, 0.3) is 10.8 Å². The van der Waals surface area contributed by atoms with Crippen molar-refractivity contribution in [3.05, 3.63) is 77.9 Å². The Morgan fingerprint density at radius 2 is 1.72 bits per heavy atom. The summed E-state index contributed by atoms with van der Waals surface area (Å²) < 4.78 is 0. The Hall–Kier alpha value is -3.32. The third kappa shape index (κ3) is 3.96. The number of nitrogens with zero attached hydrogens (tertiary/aromatic N) is 2. The molecule has 0 radical (unpaired) electrons. The van der Waals surface area contributed by atoms with Gasteiger partial charge in [-0.25, -0.2) is 4.79 Å². The number of rotatable bonds is 6. The molecule has 0 aromatic heterocycles. The van der Waals surface area contributed by atoms with Crippen molar-refractivity contribution in [3.8, 4) is 0 Å². The molecule has 1 atom stereocenters. The molecule has 3 aromatic rings. The second kappa shape index (κ2) is 8.67. The van der Waals surface area contributed by atoms with Gasteiger partial charge in [-0.2, -0.15) is 0 Å². The Balaban J connectivity index is 1.51. The number of benzene rings is 3. The number of fused-ring (bicyclic) bond motifs is 1. The first-order valence-electron chi connectivity index (χ1n) is 10.3. The molecule has 4 amide bonds. The van der Waals surface area contributed by atoms with Crippen molar-refractivity contribution in [1.29, 1.82) is 0 Å². The van der Waals surface area contributed by atoms with E-state index >= 15 is 0 Å². The van der Waals surface area contributed by atoms with E-state index in [1.807, 2.05) is 73.0 Å². The van der Waals surface area contributed by atoms with Gasteiger partial charge in [0.1, 0.15) is 12.1 Å². The maximum atomic E-state index is 13.3. The predicted octanol–water partition coefficient (Wildman–Crippen LogP) is 3.99. The van der Waals surface area contributed by atoms with Crippen molar-refractivity contribution >= 4 is 40.4 Å². The van der Waals surface area contributed by atoms with Gasteiger partial charge in [0.2, 0.25) is 5.91 Å². The minimum atomic E-state index is -1.23. The van der Waals surface area contributed by atoms with E-state index in [2.05, 4.69) is 5.32 Å². The van der Waals surface area contributed by atoms with Gasteiger partial charge in [0, 0.05) is 18.5 Å². The molecule has 0 saturated carbocycles. The second-order valence-corrected chi connectivity index (χ2v) is 8.95. The maximum Gasteiger partial charge on any atom is 0.325 e. The van der Waals surface area contributed by atoms with Crippen LogP contribution in [-0.4, -0.2) is 47.5 Å². The third-order valence-electron chi connectivity index (χ3n) is 5.90. The summed E-state index contributed by atoms with van der Waals surface area (Å²) in [5.41, 5.74) is 0.465. The number of thioether (sulfide) groups is 1. The highest BCUT2D eigenvalue weighted by Crippen LogP contribution is 2.33. The zero-order valence-corrected chi connectivity index (χ0v) is 19.1. The van der Waals surface area contributed by atoms with Crippen LogP contribution < -0.4 is 5.32 Å². The van der Waals surface area contributed by atoms with E-state index in [1.165, 1.54) is 4.90 Å². The molecule has 1 heterocycles. The molecule has 0 bridgehead atoms. The number of hydrogen-bond acceptors (Lipinski definition) is 4. The summed E-state index contributed by atoms with van der Waals surface area (Å²) in [6.45, 7) is 1.79. The lowest BCUT2D eigenvalue weighted by atomic mass is 9.88. The van der Waals surface area contributed by atoms with Gasteiger partial charge in [0.05, 0.1) is 0 Å². The van der Waals surface area contributed by atoms with Gasteiger partial charge < -0.3 is 10.2 Å². The van der Waals surface area contributed by atoms with E-state index in [0.717, 1.165) is 26.1 Å².